The van der Waals surface area contributed by atoms with E-state index in [2.05, 4.69) is 10.3 Å². The molecule has 0 atom stereocenters. The third-order valence-corrected chi connectivity index (χ3v) is 4.34. The maximum absolute atomic E-state index is 12.7. The zero-order valence-corrected chi connectivity index (χ0v) is 13.7. The fourth-order valence-corrected chi connectivity index (χ4v) is 3.00. The van der Waals surface area contributed by atoms with E-state index in [1.54, 1.807) is 21.7 Å². The Hall–Kier alpha value is -1.92. The second-order valence-corrected chi connectivity index (χ2v) is 6.09. The van der Waals surface area contributed by atoms with Gasteiger partial charge >= 0.3 is 0 Å². The Bertz CT molecular complexity index is 708. The molecule has 23 heavy (non-hydrogen) atoms. The van der Waals surface area contributed by atoms with Crippen molar-refractivity contribution in [1.29, 1.82) is 0 Å². The summed E-state index contributed by atoms with van der Waals surface area (Å²) < 4.78 is 1.66. The molecule has 1 fully saturated rings. The predicted molar refractivity (Wildman–Crippen MR) is 86.9 cm³/mol. The molecule has 1 saturated heterocycles. The molecule has 1 aromatic heterocycles. The second-order valence-electron chi connectivity index (χ2n) is 5.65. The van der Waals surface area contributed by atoms with Crippen LogP contribution in [-0.2, 0) is 6.42 Å². The Kier molecular flexibility index (Phi) is 4.63. The van der Waals surface area contributed by atoms with E-state index in [1.165, 1.54) is 0 Å². The molecule has 0 spiro atoms. The van der Waals surface area contributed by atoms with Gasteiger partial charge in [-0.05, 0) is 37.5 Å². The first kappa shape index (κ1) is 16.0. The molecule has 1 aliphatic heterocycles. The van der Waals surface area contributed by atoms with Crippen molar-refractivity contribution in [3.63, 3.8) is 0 Å². The van der Waals surface area contributed by atoms with Crippen LogP contribution in [0.4, 0.5) is 0 Å². The lowest BCUT2D eigenvalue weighted by molar-refractivity contribution is 0.0540. The van der Waals surface area contributed by atoms with Gasteiger partial charge in [-0.1, -0.05) is 29.8 Å². The summed E-state index contributed by atoms with van der Waals surface area (Å²) in [5, 5.41) is 18.4. The highest BCUT2D eigenvalue weighted by atomic mass is 35.5. The van der Waals surface area contributed by atoms with Crippen molar-refractivity contribution < 1.29 is 9.90 Å². The highest BCUT2D eigenvalue weighted by Gasteiger charge is 2.27. The number of hydrogen-bond acceptors (Lipinski definition) is 4. The molecule has 0 aliphatic carbocycles. The summed E-state index contributed by atoms with van der Waals surface area (Å²) in [5.41, 5.74) is 1.93. The van der Waals surface area contributed by atoms with Gasteiger partial charge in [-0.3, -0.25) is 4.79 Å². The first-order chi connectivity index (χ1) is 11.1. The molecule has 3 rings (SSSR count). The van der Waals surface area contributed by atoms with Crippen molar-refractivity contribution in [2.75, 3.05) is 13.1 Å². The van der Waals surface area contributed by atoms with Crippen LogP contribution in [0.25, 0.3) is 5.69 Å². The first-order valence-electron chi connectivity index (χ1n) is 7.78. The van der Waals surface area contributed by atoms with Gasteiger partial charge in [-0.15, -0.1) is 5.10 Å². The minimum atomic E-state index is -0.313. The number of carbonyl (C=O) groups is 1. The summed E-state index contributed by atoms with van der Waals surface area (Å²) in [6.07, 6.45) is 1.54. The van der Waals surface area contributed by atoms with Gasteiger partial charge in [0.2, 0.25) is 0 Å². The second kappa shape index (κ2) is 6.68. The molecule has 122 valence electrons. The van der Waals surface area contributed by atoms with Crippen molar-refractivity contribution in [2.24, 2.45) is 0 Å². The van der Waals surface area contributed by atoms with Gasteiger partial charge in [0.05, 0.1) is 17.5 Å². The van der Waals surface area contributed by atoms with Gasteiger partial charge in [-0.2, -0.15) is 0 Å². The minimum Gasteiger partial charge on any atom is -0.393 e. The number of nitrogens with zero attached hydrogens (tertiary/aromatic N) is 4. The molecule has 0 unspecified atom stereocenters. The van der Waals surface area contributed by atoms with Gasteiger partial charge in [0, 0.05) is 18.1 Å². The van der Waals surface area contributed by atoms with E-state index in [1.807, 2.05) is 19.1 Å². The van der Waals surface area contributed by atoms with Crippen LogP contribution in [0.3, 0.4) is 0 Å². The number of aliphatic hydroxyl groups is 1. The van der Waals surface area contributed by atoms with E-state index in [0.29, 0.717) is 43.1 Å². The molecule has 6 nitrogen and oxygen atoms in total. The zero-order valence-electron chi connectivity index (χ0n) is 12.9. The van der Waals surface area contributed by atoms with Crippen LogP contribution < -0.4 is 0 Å². The van der Waals surface area contributed by atoms with Crippen molar-refractivity contribution in [1.82, 2.24) is 19.9 Å². The lowest BCUT2D eigenvalue weighted by Gasteiger charge is -2.29. The quantitative estimate of drug-likeness (QED) is 0.933. The Morgan fingerprint density at radius 2 is 2.13 bits per heavy atom. The van der Waals surface area contributed by atoms with Crippen LogP contribution in [0.2, 0.25) is 5.02 Å². The Balaban J connectivity index is 1.90. The number of amides is 1. The van der Waals surface area contributed by atoms with E-state index in [-0.39, 0.29) is 12.0 Å². The molecule has 2 aromatic rings. The predicted octanol–water partition coefficient (Wildman–Crippen LogP) is 2.08. The zero-order chi connectivity index (χ0) is 16.4. The number of likely N-dealkylation sites (tertiary alicyclic amines) is 1. The number of aliphatic hydroxyl groups excluding tert-OH is 1. The molecular weight excluding hydrogens is 316 g/mol. The van der Waals surface area contributed by atoms with E-state index in [4.69, 9.17) is 11.6 Å². The largest absolute Gasteiger partial charge is 0.393 e. The molecule has 0 bridgehead atoms. The molecule has 1 aliphatic rings. The van der Waals surface area contributed by atoms with Gasteiger partial charge < -0.3 is 10.0 Å². The maximum atomic E-state index is 12.7. The number of hydrogen-bond donors (Lipinski definition) is 1. The smallest absolute Gasteiger partial charge is 0.276 e. The van der Waals surface area contributed by atoms with Crippen molar-refractivity contribution in [2.45, 2.75) is 32.3 Å². The number of carbonyl (C=O) groups excluding carboxylic acids is 1. The molecule has 1 aromatic carbocycles. The van der Waals surface area contributed by atoms with E-state index >= 15 is 0 Å². The van der Waals surface area contributed by atoms with Gasteiger partial charge in [0.1, 0.15) is 0 Å². The fourth-order valence-electron chi connectivity index (χ4n) is 2.82. The van der Waals surface area contributed by atoms with E-state index in [9.17, 15) is 9.90 Å². The Morgan fingerprint density at radius 1 is 1.39 bits per heavy atom. The van der Waals surface area contributed by atoms with Crippen LogP contribution >= 0.6 is 11.6 Å². The summed E-state index contributed by atoms with van der Waals surface area (Å²) in [5.74, 6) is -0.123. The first-order valence-corrected chi connectivity index (χ1v) is 8.15. The van der Waals surface area contributed by atoms with E-state index < -0.39 is 0 Å². The number of piperidine rings is 1. The van der Waals surface area contributed by atoms with Crippen LogP contribution in [0, 0.1) is 0 Å². The van der Waals surface area contributed by atoms with Crippen LogP contribution in [0.5, 0.6) is 0 Å². The average molecular weight is 335 g/mol. The minimum absolute atomic E-state index is 0.123. The monoisotopic (exact) mass is 334 g/mol. The third kappa shape index (κ3) is 3.23. The number of rotatable bonds is 3. The summed E-state index contributed by atoms with van der Waals surface area (Å²) in [7, 11) is 0. The molecular formula is C16H19ClN4O2. The standard InChI is InChI=1S/C16H19ClN4O2/c1-2-14-15(16(23)20-8-6-13(22)7-9-20)18-19-21(14)12-5-3-4-11(17)10-12/h3-5,10,13,22H,2,6-9H2,1H3. The summed E-state index contributed by atoms with van der Waals surface area (Å²) >= 11 is 6.03. The SMILES string of the molecule is CCc1c(C(=O)N2CCC(O)CC2)nnn1-c1cccc(Cl)c1. The average Bonchev–Trinajstić information content (AvgIpc) is 2.98. The maximum Gasteiger partial charge on any atom is 0.276 e. The van der Waals surface area contributed by atoms with Gasteiger partial charge in [-0.25, -0.2) is 4.68 Å². The molecule has 0 saturated carbocycles. The van der Waals surface area contributed by atoms with E-state index in [0.717, 1.165) is 11.4 Å². The lowest BCUT2D eigenvalue weighted by atomic mass is 10.1. The van der Waals surface area contributed by atoms with Gasteiger partial charge in [0.25, 0.3) is 5.91 Å². The highest BCUT2D eigenvalue weighted by molar-refractivity contribution is 6.30. The molecule has 0 radical (unpaired) electrons. The van der Waals surface area contributed by atoms with Crippen molar-refractivity contribution >= 4 is 17.5 Å². The van der Waals surface area contributed by atoms with Crippen LogP contribution in [0.1, 0.15) is 35.9 Å². The Labute approximate surface area is 139 Å². The molecule has 7 heteroatoms. The van der Waals surface area contributed by atoms with Gasteiger partial charge in [0.15, 0.2) is 5.69 Å². The third-order valence-electron chi connectivity index (χ3n) is 4.11. The number of aromatic nitrogens is 3. The Morgan fingerprint density at radius 3 is 2.78 bits per heavy atom. The summed E-state index contributed by atoms with van der Waals surface area (Å²) in [6.45, 7) is 3.07. The van der Waals surface area contributed by atoms with Crippen LogP contribution in [0.15, 0.2) is 24.3 Å². The highest BCUT2D eigenvalue weighted by Crippen LogP contribution is 2.20. The summed E-state index contributed by atoms with van der Waals surface area (Å²) in [4.78, 5) is 14.4. The molecule has 1 amide bonds. The van der Waals surface area contributed by atoms with Crippen LogP contribution in [-0.4, -0.2) is 50.1 Å². The number of benzene rings is 1. The lowest BCUT2D eigenvalue weighted by Crippen LogP contribution is -2.40. The molecule has 2 heterocycles. The van der Waals surface area contributed by atoms with Crippen molar-refractivity contribution in [3.8, 4) is 5.69 Å². The summed E-state index contributed by atoms with van der Waals surface area (Å²) in [6, 6.07) is 7.30. The molecule has 1 N–H and O–H groups in total. The topological polar surface area (TPSA) is 71.2 Å². The van der Waals surface area contributed by atoms with Crippen molar-refractivity contribution in [3.05, 3.63) is 40.7 Å². The number of halogens is 1. The fraction of sp³-hybridized carbons (Fsp3) is 0.438. The normalized spacial score (nSPS) is 15.9.